The van der Waals surface area contributed by atoms with Gasteiger partial charge in [-0.3, -0.25) is 4.90 Å². The van der Waals surface area contributed by atoms with Crippen molar-refractivity contribution < 1.29 is 19.4 Å². The number of nitrogens with zero attached hydrogens (tertiary/aromatic N) is 2. The van der Waals surface area contributed by atoms with E-state index in [1.54, 1.807) is 27.0 Å². The van der Waals surface area contributed by atoms with Crippen LogP contribution in [0.5, 0.6) is 0 Å². The van der Waals surface area contributed by atoms with Gasteiger partial charge in [0, 0.05) is 18.8 Å². The zero-order valence-electron chi connectivity index (χ0n) is 13.1. The van der Waals surface area contributed by atoms with E-state index in [0.29, 0.717) is 12.4 Å². The predicted molar refractivity (Wildman–Crippen MR) is 79.4 cm³/mol. The Bertz CT molecular complexity index is 449. The SMILES string of the molecule is CCCCN1C=C(/C=C\C(=O)O)N(C(=O)OC(C)(C)C)C1. The molecule has 0 aliphatic carbocycles. The monoisotopic (exact) mass is 296 g/mol. The Morgan fingerprint density at radius 2 is 2.10 bits per heavy atom. The second-order valence-electron chi connectivity index (χ2n) is 5.94. The maximum atomic E-state index is 12.2. The van der Waals surface area contributed by atoms with Crippen LogP contribution in [0.3, 0.4) is 0 Å². The van der Waals surface area contributed by atoms with Crippen molar-refractivity contribution in [3.05, 3.63) is 24.0 Å². The number of ether oxygens (including phenoxy) is 1. The van der Waals surface area contributed by atoms with E-state index in [2.05, 4.69) is 6.92 Å². The maximum Gasteiger partial charge on any atom is 0.416 e. The van der Waals surface area contributed by atoms with Gasteiger partial charge in [0.15, 0.2) is 0 Å². The number of hydrogen-bond acceptors (Lipinski definition) is 4. The van der Waals surface area contributed by atoms with Crippen molar-refractivity contribution in [3.63, 3.8) is 0 Å². The topological polar surface area (TPSA) is 70.1 Å². The largest absolute Gasteiger partial charge is 0.478 e. The van der Waals surface area contributed by atoms with E-state index in [1.807, 2.05) is 4.90 Å². The number of rotatable bonds is 5. The number of allylic oxidation sites excluding steroid dienone is 1. The van der Waals surface area contributed by atoms with Crippen molar-refractivity contribution in [1.29, 1.82) is 0 Å². The van der Waals surface area contributed by atoms with Gasteiger partial charge in [-0.15, -0.1) is 0 Å². The molecule has 118 valence electrons. The number of amides is 1. The molecule has 0 radical (unpaired) electrons. The molecule has 6 nitrogen and oxygen atoms in total. The van der Waals surface area contributed by atoms with Gasteiger partial charge < -0.3 is 14.7 Å². The van der Waals surface area contributed by atoms with Crippen LogP contribution in [0.2, 0.25) is 0 Å². The number of carboxylic acids is 1. The molecule has 0 aromatic rings. The fourth-order valence-corrected chi connectivity index (χ4v) is 1.83. The second kappa shape index (κ2) is 7.15. The normalized spacial score (nSPS) is 15.5. The van der Waals surface area contributed by atoms with Crippen LogP contribution in [0.4, 0.5) is 4.79 Å². The Morgan fingerprint density at radius 1 is 1.43 bits per heavy atom. The first kappa shape index (κ1) is 17.1. The van der Waals surface area contributed by atoms with Crippen molar-refractivity contribution in [3.8, 4) is 0 Å². The maximum absolute atomic E-state index is 12.2. The average molecular weight is 296 g/mol. The van der Waals surface area contributed by atoms with Crippen molar-refractivity contribution >= 4 is 12.1 Å². The van der Waals surface area contributed by atoms with Crippen LogP contribution < -0.4 is 0 Å². The summed E-state index contributed by atoms with van der Waals surface area (Å²) in [6.07, 6.45) is 5.82. The van der Waals surface area contributed by atoms with E-state index in [0.717, 1.165) is 25.5 Å². The summed E-state index contributed by atoms with van der Waals surface area (Å²) in [5.41, 5.74) is -0.0574. The number of carboxylic acid groups (broad SMARTS) is 1. The molecule has 0 bridgehead atoms. The summed E-state index contributed by atoms with van der Waals surface area (Å²) in [4.78, 5) is 26.3. The number of aliphatic carboxylic acids is 1. The third-order valence-electron chi connectivity index (χ3n) is 2.76. The van der Waals surface area contributed by atoms with E-state index in [9.17, 15) is 9.59 Å². The van der Waals surface area contributed by atoms with Crippen molar-refractivity contribution in [2.24, 2.45) is 0 Å². The molecule has 0 aromatic carbocycles. The van der Waals surface area contributed by atoms with Crippen molar-refractivity contribution in [1.82, 2.24) is 9.80 Å². The van der Waals surface area contributed by atoms with Gasteiger partial charge in [0.1, 0.15) is 12.3 Å². The van der Waals surface area contributed by atoms with Gasteiger partial charge in [0.2, 0.25) is 0 Å². The molecule has 0 atom stereocenters. The highest BCUT2D eigenvalue weighted by Gasteiger charge is 2.29. The lowest BCUT2D eigenvalue weighted by Crippen LogP contribution is -2.37. The highest BCUT2D eigenvalue weighted by atomic mass is 16.6. The summed E-state index contributed by atoms with van der Waals surface area (Å²) in [5.74, 6) is -1.05. The second-order valence-corrected chi connectivity index (χ2v) is 5.94. The number of hydrogen-bond donors (Lipinski definition) is 1. The number of carbonyl (C=O) groups excluding carboxylic acids is 1. The Morgan fingerprint density at radius 3 is 2.62 bits per heavy atom. The van der Waals surface area contributed by atoms with Crippen LogP contribution in [0, 0.1) is 0 Å². The van der Waals surface area contributed by atoms with E-state index in [4.69, 9.17) is 9.84 Å². The lowest BCUT2D eigenvalue weighted by atomic mass is 10.2. The van der Waals surface area contributed by atoms with Gasteiger partial charge in [-0.2, -0.15) is 0 Å². The summed E-state index contributed by atoms with van der Waals surface area (Å²) in [7, 11) is 0. The van der Waals surface area contributed by atoms with Crippen molar-refractivity contribution in [2.75, 3.05) is 13.2 Å². The summed E-state index contributed by atoms with van der Waals surface area (Å²) in [5, 5.41) is 8.73. The molecule has 1 N–H and O–H groups in total. The molecule has 0 unspecified atom stereocenters. The molecule has 1 aliphatic heterocycles. The molecule has 1 rings (SSSR count). The number of carbonyl (C=O) groups is 2. The van der Waals surface area contributed by atoms with Crippen LogP contribution in [-0.2, 0) is 9.53 Å². The molecular formula is C15H24N2O4. The zero-order valence-corrected chi connectivity index (χ0v) is 13.1. The predicted octanol–water partition coefficient (Wildman–Crippen LogP) is 2.78. The standard InChI is InChI=1S/C15H24N2O4/c1-5-6-9-16-10-12(7-8-13(18)19)17(11-16)14(20)21-15(2,3)4/h7-8,10H,5-6,9,11H2,1-4H3,(H,18,19)/b8-7-. The third-order valence-corrected chi connectivity index (χ3v) is 2.76. The molecular weight excluding hydrogens is 272 g/mol. The van der Waals surface area contributed by atoms with Crippen molar-refractivity contribution in [2.45, 2.75) is 46.1 Å². The molecule has 0 saturated carbocycles. The summed E-state index contributed by atoms with van der Waals surface area (Å²) < 4.78 is 5.35. The highest BCUT2D eigenvalue weighted by Crippen LogP contribution is 2.21. The fraction of sp³-hybridized carbons (Fsp3) is 0.600. The van der Waals surface area contributed by atoms with Crippen LogP contribution in [0.25, 0.3) is 0 Å². The molecule has 0 saturated heterocycles. The summed E-state index contributed by atoms with van der Waals surface area (Å²) in [6.45, 7) is 8.69. The first-order valence-electron chi connectivity index (χ1n) is 7.10. The minimum Gasteiger partial charge on any atom is -0.478 e. The molecule has 0 aromatic heterocycles. The van der Waals surface area contributed by atoms with E-state index in [1.165, 1.54) is 11.0 Å². The minimum atomic E-state index is -1.05. The third kappa shape index (κ3) is 5.89. The van der Waals surface area contributed by atoms with Gasteiger partial charge in [-0.05, 0) is 33.3 Å². The molecule has 6 heteroatoms. The Labute approximate surface area is 125 Å². The van der Waals surface area contributed by atoms with Crippen LogP contribution >= 0.6 is 0 Å². The summed E-state index contributed by atoms with van der Waals surface area (Å²) in [6, 6.07) is 0. The van der Waals surface area contributed by atoms with Gasteiger partial charge >= 0.3 is 12.1 Å². The first-order chi connectivity index (χ1) is 9.73. The molecule has 0 fully saturated rings. The first-order valence-corrected chi connectivity index (χ1v) is 7.10. The average Bonchev–Trinajstić information content (AvgIpc) is 2.75. The zero-order chi connectivity index (χ0) is 16.0. The fourth-order valence-electron chi connectivity index (χ4n) is 1.83. The molecule has 0 spiro atoms. The van der Waals surface area contributed by atoms with Gasteiger partial charge in [0.25, 0.3) is 0 Å². The van der Waals surface area contributed by atoms with E-state index >= 15 is 0 Å². The quantitative estimate of drug-likeness (QED) is 0.790. The van der Waals surface area contributed by atoms with E-state index < -0.39 is 17.7 Å². The smallest absolute Gasteiger partial charge is 0.416 e. The Kier molecular flexibility index (Phi) is 5.81. The Balaban J connectivity index is 2.83. The van der Waals surface area contributed by atoms with Gasteiger partial charge in [-0.25, -0.2) is 9.59 Å². The highest BCUT2D eigenvalue weighted by molar-refractivity contribution is 5.81. The van der Waals surface area contributed by atoms with Crippen LogP contribution in [0.15, 0.2) is 24.0 Å². The lowest BCUT2D eigenvalue weighted by Gasteiger charge is -2.26. The lowest BCUT2D eigenvalue weighted by molar-refractivity contribution is -0.131. The summed E-state index contributed by atoms with van der Waals surface area (Å²) >= 11 is 0. The molecule has 1 heterocycles. The van der Waals surface area contributed by atoms with E-state index in [-0.39, 0.29) is 0 Å². The van der Waals surface area contributed by atoms with Gasteiger partial charge in [0.05, 0.1) is 5.70 Å². The molecule has 1 amide bonds. The number of unbranched alkanes of at least 4 members (excludes halogenated alkanes) is 1. The molecule has 1 aliphatic rings. The van der Waals surface area contributed by atoms with Crippen LogP contribution in [-0.4, -0.2) is 45.8 Å². The van der Waals surface area contributed by atoms with Gasteiger partial charge in [-0.1, -0.05) is 13.3 Å². The Hall–Kier alpha value is -1.98. The van der Waals surface area contributed by atoms with Crippen LogP contribution in [0.1, 0.15) is 40.5 Å². The minimum absolute atomic E-state index is 0.383. The molecule has 21 heavy (non-hydrogen) atoms.